The van der Waals surface area contributed by atoms with E-state index < -0.39 is 0 Å². The van der Waals surface area contributed by atoms with Crippen molar-refractivity contribution in [3.63, 3.8) is 0 Å². The molecule has 0 amide bonds. The maximum absolute atomic E-state index is 6.16. The second-order valence-corrected chi connectivity index (χ2v) is 6.66. The van der Waals surface area contributed by atoms with Gasteiger partial charge in [-0.25, -0.2) is 4.98 Å². The van der Waals surface area contributed by atoms with E-state index in [1.165, 1.54) is 81.4 Å². The van der Waals surface area contributed by atoms with E-state index in [1.54, 1.807) is 0 Å². The van der Waals surface area contributed by atoms with Crippen LogP contribution in [0.15, 0.2) is 0 Å². The van der Waals surface area contributed by atoms with E-state index in [9.17, 15) is 0 Å². The van der Waals surface area contributed by atoms with Crippen LogP contribution < -0.4 is 5.73 Å². The highest BCUT2D eigenvalue weighted by atomic mass is 15.1. The van der Waals surface area contributed by atoms with Crippen molar-refractivity contribution in [2.45, 2.75) is 89.6 Å². The van der Waals surface area contributed by atoms with Crippen LogP contribution in [-0.2, 0) is 25.8 Å². The zero-order valence-corrected chi connectivity index (χ0v) is 12.7. The standard InChI is InChI=1S/C17H29N3/c18-14-11-12-17-19-15-9-7-5-3-1-2-4-6-8-10-16(15)20(17)13-14/h14H,1-13,18H2. The number of fused-ring (bicyclic) bond motifs is 3. The second-order valence-electron chi connectivity index (χ2n) is 6.66. The molecule has 1 aromatic rings. The number of imidazole rings is 1. The zero-order chi connectivity index (χ0) is 13.8. The van der Waals surface area contributed by atoms with Crippen LogP contribution in [-0.4, -0.2) is 15.6 Å². The quantitative estimate of drug-likeness (QED) is 0.789. The number of rotatable bonds is 0. The van der Waals surface area contributed by atoms with Gasteiger partial charge in [0.05, 0.1) is 5.69 Å². The van der Waals surface area contributed by atoms with Crippen molar-refractivity contribution >= 4 is 0 Å². The van der Waals surface area contributed by atoms with Crippen LogP contribution in [0, 0.1) is 0 Å². The van der Waals surface area contributed by atoms with Gasteiger partial charge in [-0.15, -0.1) is 0 Å². The van der Waals surface area contributed by atoms with Gasteiger partial charge in [0, 0.05) is 24.7 Å². The second kappa shape index (κ2) is 6.75. The summed E-state index contributed by atoms with van der Waals surface area (Å²) in [6, 6.07) is 0.335. The van der Waals surface area contributed by atoms with Crippen LogP contribution in [0.1, 0.15) is 75.0 Å². The molecule has 0 aromatic carbocycles. The normalized spacial score (nSPS) is 25.1. The first-order chi connectivity index (χ1) is 9.84. The Kier molecular flexibility index (Phi) is 4.77. The van der Waals surface area contributed by atoms with E-state index in [4.69, 9.17) is 10.7 Å². The van der Waals surface area contributed by atoms with Crippen molar-refractivity contribution in [1.82, 2.24) is 9.55 Å². The summed E-state index contributed by atoms with van der Waals surface area (Å²) in [5, 5.41) is 0. The van der Waals surface area contributed by atoms with E-state index >= 15 is 0 Å². The van der Waals surface area contributed by atoms with E-state index in [1.807, 2.05) is 0 Å². The minimum atomic E-state index is 0.335. The smallest absolute Gasteiger partial charge is 0.109 e. The SMILES string of the molecule is NC1CCc2nc3c(n2C1)CCCCCCCCCC3. The Morgan fingerprint density at radius 3 is 2.25 bits per heavy atom. The van der Waals surface area contributed by atoms with Crippen LogP contribution in [0.2, 0.25) is 0 Å². The Hall–Kier alpha value is -0.830. The number of hydrogen-bond acceptors (Lipinski definition) is 2. The molecule has 0 saturated heterocycles. The van der Waals surface area contributed by atoms with Gasteiger partial charge in [0.2, 0.25) is 0 Å². The zero-order valence-electron chi connectivity index (χ0n) is 12.7. The lowest BCUT2D eigenvalue weighted by Crippen LogP contribution is -2.32. The number of nitrogens with two attached hydrogens (primary N) is 1. The van der Waals surface area contributed by atoms with E-state index in [0.717, 1.165) is 19.4 Å². The molecule has 3 heteroatoms. The molecule has 20 heavy (non-hydrogen) atoms. The number of hydrogen-bond donors (Lipinski definition) is 1. The third-order valence-electron chi connectivity index (χ3n) is 4.97. The Bertz CT molecular complexity index is 436. The molecule has 1 atom stereocenters. The lowest BCUT2D eigenvalue weighted by Gasteiger charge is -2.22. The Morgan fingerprint density at radius 2 is 1.50 bits per heavy atom. The molecule has 1 aliphatic heterocycles. The third-order valence-corrected chi connectivity index (χ3v) is 4.97. The molecule has 0 bridgehead atoms. The molecule has 1 unspecified atom stereocenters. The van der Waals surface area contributed by atoms with Gasteiger partial charge in [0.1, 0.15) is 5.82 Å². The third kappa shape index (κ3) is 3.25. The Labute approximate surface area is 123 Å². The summed E-state index contributed by atoms with van der Waals surface area (Å²) < 4.78 is 2.47. The van der Waals surface area contributed by atoms with Gasteiger partial charge in [-0.3, -0.25) is 0 Å². The van der Waals surface area contributed by atoms with E-state index in [0.29, 0.717) is 6.04 Å². The molecule has 2 N–H and O–H groups in total. The van der Waals surface area contributed by atoms with Gasteiger partial charge in [0.25, 0.3) is 0 Å². The molecular formula is C17H29N3. The van der Waals surface area contributed by atoms with Crippen molar-refractivity contribution in [2.24, 2.45) is 5.73 Å². The molecular weight excluding hydrogens is 246 g/mol. The van der Waals surface area contributed by atoms with Crippen molar-refractivity contribution in [3.05, 3.63) is 17.2 Å². The van der Waals surface area contributed by atoms with Gasteiger partial charge in [-0.05, 0) is 32.1 Å². The minimum absolute atomic E-state index is 0.335. The van der Waals surface area contributed by atoms with Crippen LogP contribution in [0.3, 0.4) is 0 Å². The molecule has 0 saturated carbocycles. The molecule has 1 aromatic heterocycles. The van der Waals surface area contributed by atoms with Gasteiger partial charge in [-0.2, -0.15) is 0 Å². The van der Waals surface area contributed by atoms with Crippen molar-refractivity contribution < 1.29 is 0 Å². The van der Waals surface area contributed by atoms with Crippen molar-refractivity contribution in [2.75, 3.05) is 0 Å². The van der Waals surface area contributed by atoms with Crippen molar-refractivity contribution in [3.8, 4) is 0 Å². The predicted octanol–water partition coefficient (Wildman–Crippen LogP) is 3.38. The largest absolute Gasteiger partial charge is 0.330 e. The topological polar surface area (TPSA) is 43.8 Å². The highest BCUT2D eigenvalue weighted by Gasteiger charge is 2.22. The van der Waals surface area contributed by atoms with Gasteiger partial charge in [0.15, 0.2) is 0 Å². The Balaban J connectivity index is 1.79. The molecule has 0 spiro atoms. The molecule has 3 nitrogen and oxygen atoms in total. The summed E-state index contributed by atoms with van der Waals surface area (Å²) in [4.78, 5) is 4.96. The molecule has 112 valence electrons. The average molecular weight is 275 g/mol. The number of aromatic nitrogens is 2. The summed E-state index contributed by atoms with van der Waals surface area (Å²) in [5.41, 5.74) is 9.09. The maximum Gasteiger partial charge on any atom is 0.109 e. The fourth-order valence-electron chi connectivity index (χ4n) is 3.76. The summed E-state index contributed by atoms with van der Waals surface area (Å²) in [7, 11) is 0. The highest BCUT2D eigenvalue weighted by molar-refractivity contribution is 5.20. The monoisotopic (exact) mass is 275 g/mol. The summed E-state index contributed by atoms with van der Waals surface area (Å²) in [6.45, 7) is 0.998. The van der Waals surface area contributed by atoms with Crippen molar-refractivity contribution in [1.29, 1.82) is 0 Å². The average Bonchev–Trinajstić information content (AvgIpc) is 2.76. The van der Waals surface area contributed by atoms with Gasteiger partial charge in [-0.1, -0.05) is 38.5 Å². The van der Waals surface area contributed by atoms with E-state index in [2.05, 4.69) is 4.57 Å². The highest BCUT2D eigenvalue weighted by Crippen LogP contribution is 2.24. The summed E-state index contributed by atoms with van der Waals surface area (Å²) in [6.07, 6.45) is 15.7. The summed E-state index contributed by atoms with van der Waals surface area (Å²) >= 11 is 0. The van der Waals surface area contributed by atoms with Gasteiger partial charge >= 0.3 is 0 Å². The minimum Gasteiger partial charge on any atom is -0.330 e. The van der Waals surface area contributed by atoms with Crippen LogP contribution in [0.25, 0.3) is 0 Å². The van der Waals surface area contributed by atoms with Gasteiger partial charge < -0.3 is 10.3 Å². The van der Waals surface area contributed by atoms with Crippen LogP contribution in [0.4, 0.5) is 0 Å². The van der Waals surface area contributed by atoms with Crippen LogP contribution in [0.5, 0.6) is 0 Å². The first kappa shape index (κ1) is 14.1. The predicted molar refractivity (Wildman–Crippen MR) is 82.9 cm³/mol. The molecule has 3 rings (SSSR count). The maximum atomic E-state index is 6.16. The van der Waals surface area contributed by atoms with E-state index in [-0.39, 0.29) is 0 Å². The first-order valence-electron chi connectivity index (χ1n) is 8.67. The molecule has 1 aliphatic carbocycles. The fraction of sp³-hybridized carbons (Fsp3) is 0.824. The first-order valence-corrected chi connectivity index (χ1v) is 8.67. The molecule has 2 heterocycles. The summed E-state index contributed by atoms with van der Waals surface area (Å²) in [5.74, 6) is 1.31. The fourth-order valence-corrected chi connectivity index (χ4v) is 3.76. The molecule has 0 fully saturated rings. The number of nitrogens with zero attached hydrogens (tertiary/aromatic N) is 2. The lowest BCUT2D eigenvalue weighted by molar-refractivity contribution is 0.441. The number of aryl methyl sites for hydroxylation is 2. The lowest BCUT2D eigenvalue weighted by atomic mass is 10.0. The Morgan fingerprint density at radius 1 is 0.850 bits per heavy atom. The van der Waals surface area contributed by atoms with Crippen LogP contribution >= 0.6 is 0 Å². The molecule has 2 aliphatic rings. The molecule has 0 radical (unpaired) electrons.